The van der Waals surface area contributed by atoms with Crippen molar-refractivity contribution in [1.29, 1.82) is 0 Å². The number of pyridine rings is 1. The molecule has 0 radical (unpaired) electrons. The summed E-state index contributed by atoms with van der Waals surface area (Å²) in [7, 11) is 0. The topological polar surface area (TPSA) is 79.8 Å². The minimum absolute atomic E-state index is 0.158. The second kappa shape index (κ2) is 8.60. The average molecular weight is 415 g/mol. The van der Waals surface area contributed by atoms with E-state index in [-0.39, 0.29) is 24.1 Å². The summed E-state index contributed by atoms with van der Waals surface area (Å²) in [4.78, 5) is 28.5. The lowest BCUT2D eigenvalue weighted by Crippen LogP contribution is -2.28. The molecule has 2 N–H and O–H groups in total. The van der Waals surface area contributed by atoms with Gasteiger partial charge in [0.2, 0.25) is 0 Å². The van der Waals surface area contributed by atoms with Gasteiger partial charge in [-0.3, -0.25) is 14.3 Å². The fourth-order valence-electron chi connectivity index (χ4n) is 3.90. The number of aryl methyl sites for hydroxylation is 1. The highest BCUT2D eigenvalue weighted by atomic mass is 16.1. The van der Waals surface area contributed by atoms with Gasteiger partial charge >= 0.3 is 0 Å². The van der Waals surface area contributed by atoms with Crippen LogP contribution in [0, 0.1) is 6.92 Å². The van der Waals surface area contributed by atoms with E-state index >= 15 is 0 Å². The number of aromatic nitrogens is 3. The van der Waals surface area contributed by atoms with E-state index in [4.69, 9.17) is 0 Å². The molecule has 0 aliphatic heterocycles. The van der Waals surface area contributed by atoms with Crippen LogP contribution >= 0.6 is 0 Å². The van der Waals surface area contributed by atoms with E-state index in [0.717, 1.165) is 27.7 Å². The maximum Gasteiger partial charge on any atom is 0.253 e. The molecule has 6 heteroatoms. The molecule has 0 atom stereocenters. The Morgan fingerprint density at radius 1 is 1.13 bits per heavy atom. The van der Waals surface area contributed by atoms with Crippen LogP contribution in [0.4, 0.5) is 0 Å². The molecule has 2 heterocycles. The summed E-state index contributed by atoms with van der Waals surface area (Å²) in [5.74, 6) is -0.223. The van der Waals surface area contributed by atoms with E-state index in [0.29, 0.717) is 17.5 Å². The van der Waals surface area contributed by atoms with Crippen molar-refractivity contribution in [3.63, 3.8) is 0 Å². The molecule has 0 unspecified atom stereocenters. The molecule has 31 heavy (non-hydrogen) atoms. The highest BCUT2D eigenvalue weighted by Crippen LogP contribution is 2.21. The predicted octanol–water partition coefficient (Wildman–Crippen LogP) is 4.13. The Kier molecular flexibility index (Phi) is 5.71. The summed E-state index contributed by atoms with van der Waals surface area (Å²) in [6, 6.07) is 17.8. The summed E-state index contributed by atoms with van der Waals surface area (Å²) < 4.78 is 1.90. The fraction of sp³-hybridized carbons (Fsp3) is 0.240. The Hall–Kier alpha value is -3.67. The lowest BCUT2D eigenvalue weighted by molar-refractivity contribution is 0.0952. The van der Waals surface area contributed by atoms with E-state index in [1.54, 1.807) is 12.3 Å². The van der Waals surface area contributed by atoms with E-state index < -0.39 is 0 Å². The van der Waals surface area contributed by atoms with E-state index in [1.807, 2.05) is 60.1 Å². The minimum Gasteiger partial charge on any atom is -0.348 e. The number of carbonyl (C=O) groups excluding carboxylic acids is 1. The molecule has 0 bridgehead atoms. The first-order valence-electron chi connectivity index (χ1n) is 10.4. The van der Waals surface area contributed by atoms with Crippen LogP contribution in [-0.2, 0) is 13.0 Å². The van der Waals surface area contributed by atoms with Crippen LogP contribution in [0.15, 0.2) is 65.6 Å². The summed E-state index contributed by atoms with van der Waals surface area (Å²) >= 11 is 0. The highest BCUT2D eigenvalue weighted by Gasteiger charge is 2.16. The molecule has 0 spiro atoms. The zero-order valence-electron chi connectivity index (χ0n) is 18.0. The van der Waals surface area contributed by atoms with Crippen molar-refractivity contribution in [1.82, 2.24) is 20.1 Å². The maximum atomic E-state index is 13.0. The number of nitrogens with one attached hydrogen (secondary N) is 2. The van der Waals surface area contributed by atoms with Crippen LogP contribution < -0.4 is 10.9 Å². The molecule has 0 aliphatic carbocycles. The number of rotatable bonds is 6. The second-order valence-corrected chi connectivity index (χ2v) is 8.05. The van der Waals surface area contributed by atoms with Gasteiger partial charge in [0.05, 0.1) is 17.3 Å². The third kappa shape index (κ3) is 4.28. The molecule has 4 aromatic rings. The van der Waals surface area contributed by atoms with Crippen molar-refractivity contribution in [2.24, 2.45) is 0 Å². The van der Waals surface area contributed by atoms with Gasteiger partial charge in [-0.25, -0.2) is 0 Å². The molecule has 1 amide bonds. The Morgan fingerprint density at radius 3 is 2.65 bits per heavy atom. The van der Waals surface area contributed by atoms with Gasteiger partial charge in [0.25, 0.3) is 11.5 Å². The van der Waals surface area contributed by atoms with Gasteiger partial charge in [-0.05, 0) is 56.5 Å². The van der Waals surface area contributed by atoms with Gasteiger partial charge in [-0.15, -0.1) is 0 Å². The number of aromatic amines is 1. The summed E-state index contributed by atoms with van der Waals surface area (Å²) in [6.45, 7) is 6.13. The quantitative estimate of drug-likeness (QED) is 0.498. The monoisotopic (exact) mass is 414 g/mol. The summed E-state index contributed by atoms with van der Waals surface area (Å²) in [5, 5.41) is 8.16. The van der Waals surface area contributed by atoms with E-state index in [9.17, 15) is 9.59 Å². The number of hydrogen-bond donors (Lipinski definition) is 2. The molecular formula is C25H26N4O2. The smallest absolute Gasteiger partial charge is 0.253 e. The SMILES string of the molecule is Cc1cc(Cc2ccccc2)c(CNC(=O)c2cccc3c2cnn3C(C)C)c(=O)[nH]1. The molecule has 158 valence electrons. The van der Waals surface area contributed by atoms with Crippen LogP contribution in [0.1, 0.15) is 52.6 Å². The number of nitrogens with zero attached hydrogens (tertiary/aromatic N) is 2. The third-order valence-electron chi connectivity index (χ3n) is 5.40. The molecule has 2 aromatic carbocycles. The van der Waals surface area contributed by atoms with Crippen molar-refractivity contribution >= 4 is 16.8 Å². The van der Waals surface area contributed by atoms with Crippen LogP contribution in [-0.4, -0.2) is 20.7 Å². The van der Waals surface area contributed by atoms with Crippen molar-refractivity contribution in [3.8, 4) is 0 Å². The fourth-order valence-corrected chi connectivity index (χ4v) is 3.90. The van der Waals surface area contributed by atoms with Crippen LogP contribution in [0.2, 0.25) is 0 Å². The van der Waals surface area contributed by atoms with Crippen molar-refractivity contribution < 1.29 is 4.79 Å². The molecular weight excluding hydrogens is 388 g/mol. The van der Waals surface area contributed by atoms with E-state index in [2.05, 4.69) is 29.2 Å². The first-order valence-corrected chi connectivity index (χ1v) is 10.4. The first-order chi connectivity index (χ1) is 14.9. The van der Waals surface area contributed by atoms with Gasteiger partial charge in [-0.1, -0.05) is 36.4 Å². The highest BCUT2D eigenvalue weighted by molar-refractivity contribution is 6.06. The number of benzene rings is 2. The second-order valence-electron chi connectivity index (χ2n) is 8.05. The number of H-pyrrole nitrogens is 1. The molecule has 2 aromatic heterocycles. The zero-order valence-corrected chi connectivity index (χ0v) is 18.0. The molecule has 0 saturated heterocycles. The molecule has 0 fully saturated rings. The van der Waals surface area contributed by atoms with Crippen LogP contribution in [0.25, 0.3) is 10.9 Å². The van der Waals surface area contributed by atoms with Gasteiger partial charge in [0.15, 0.2) is 0 Å². The zero-order chi connectivity index (χ0) is 22.0. The van der Waals surface area contributed by atoms with Crippen LogP contribution in [0.5, 0.6) is 0 Å². The first kappa shape index (κ1) is 20.6. The minimum atomic E-state index is -0.223. The van der Waals surface area contributed by atoms with Crippen LogP contribution in [0.3, 0.4) is 0 Å². The van der Waals surface area contributed by atoms with Crippen molar-refractivity contribution in [3.05, 3.63) is 99.1 Å². The van der Waals surface area contributed by atoms with Gasteiger partial charge in [0.1, 0.15) is 0 Å². The van der Waals surface area contributed by atoms with Gasteiger partial charge < -0.3 is 10.3 Å². The van der Waals surface area contributed by atoms with Gasteiger partial charge in [0, 0.05) is 29.2 Å². The Balaban J connectivity index is 1.60. The lowest BCUT2D eigenvalue weighted by Gasteiger charge is -2.12. The number of amides is 1. The third-order valence-corrected chi connectivity index (χ3v) is 5.40. The lowest BCUT2D eigenvalue weighted by atomic mass is 10.00. The maximum absolute atomic E-state index is 13.0. The Labute approximate surface area is 180 Å². The molecule has 0 aliphatic rings. The number of hydrogen-bond acceptors (Lipinski definition) is 3. The van der Waals surface area contributed by atoms with Crippen molar-refractivity contribution in [2.45, 2.75) is 39.8 Å². The molecule has 4 rings (SSSR count). The predicted molar refractivity (Wildman–Crippen MR) is 122 cm³/mol. The number of fused-ring (bicyclic) bond motifs is 1. The van der Waals surface area contributed by atoms with E-state index in [1.165, 1.54) is 0 Å². The van der Waals surface area contributed by atoms with Crippen molar-refractivity contribution in [2.75, 3.05) is 0 Å². The standard InChI is InChI=1S/C25H26N4O2/c1-16(2)29-23-11-7-10-20(22(23)15-27-29)24(30)26-14-21-19(12-17(3)28-25(21)31)13-18-8-5-4-6-9-18/h4-12,15-16H,13-14H2,1-3H3,(H,26,30)(H,28,31). The Morgan fingerprint density at radius 2 is 1.90 bits per heavy atom. The molecule has 0 saturated carbocycles. The largest absolute Gasteiger partial charge is 0.348 e. The summed E-state index contributed by atoms with van der Waals surface area (Å²) in [6.07, 6.45) is 2.36. The molecule has 6 nitrogen and oxygen atoms in total. The number of carbonyl (C=O) groups is 1. The summed E-state index contributed by atoms with van der Waals surface area (Å²) in [5.41, 5.74) is 4.71. The van der Waals surface area contributed by atoms with Gasteiger partial charge in [-0.2, -0.15) is 5.10 Å². The Bertz CT molecular complexity index is 1290. The normalized spacial score (nSPS) is 11.2. The average Bonchev–Trinajstić information content (AvgIpc) is 3.18.